The van der Waals surface area contributed by atoms with Crippen molar-refractivity contribution >= 4 is 17.4 Å². The maximum Gasteiger partial charge on any atom is 0.295 e. The van der Waals surface area contributed by atoms with E-state index in [0.717, 1.165) is 36.0 Å². The minimum absolute atomic E-state index is 0.0870. The van der Waals surface area contributed by atoms with Crippen LogP contribution in [0.3, 0.4) is 0 Å². The van der Waals surface area contributed by atoms with E-state index in [0.29, 0.717) is 30.2 Å². The molecule has 0 aromatic heterocycles. The molecule has 1 aliphatic rings. The van der Waals surface area contributed by atoms with Crippen LogP contribution in [0.25, 0.3) is 5.76 Å². The molecule has 1 unspecified atom stereocenters. The molecule has 1 saturated heterocycles. The molecule has 1 heterocycles. The number of Topliss-reactive ketones (excluding diaryl/α,β-unsaturated/α-hetero) is 1. The third-order valence-electron chi connectivity index (χ3n) is 5.93. The van der Waals surface area contributed by atoms with Gasteiger partial charge in [-0.25, -0.2) is 0 Å². The van der Waals surface area contributed by atoms with Gasteiger partial charge in [-0.1, -0.05) is 38.0 Å². The average Bonchev–Trinajstić information content (AvgIpc) is 3.04. The molecular formula is C27H33NO5. The summed E-state index contributed by atoms with van der Waals surface area (Å²) in [5.41, 5.74) is 3.01. The predicted molar refractivity (Wildman–Crippen MR) is 129 cm³/mol. The van der Waals surface area contributed by atoms with Gasteiger partial charge >= 0.3 is 0 Å². The van der Waals surface area contributed by atoms with Crippen molar-refractivity contribution in [3.05, 3.63) is 64.2 Å². The van der Waals surface area contributed by atoms with Crippen LogP contribution in [-0.2, 0) is 9.59 Å². The van der Waals surface area contributed by atoms with E-state index in [2.05, 4.69) is 6.92 Å². The number of nitrogens with zero attached hydrogens (tertiary/aromatic N) is 1. The highest BCUT2D eigenvalue weighted by atomic mass is 16.5. The lowest BCUT2D eigenvalue weighted by Gasteiger charge is -2.25. The Balaban J connectivity index is 2.18. The number of amides is 1. The molecule has 6 nitrogen and oxygen atoms in total. The van der Waals surface area contributed by atoms with Gasteiger partial charge in [-0.3, -0.25) is 9.59 Å². The molecule has 0 aliphatic carbocycles. The highest BCUT2D eigenvalue weighted by molar-refractivity contribution is 6.46. The topological polar surface area (TPSA) is 76.1 Å². The number of aliphatic hydroxyl groups is 1. The fourth-order valence-electron chi connectivity index (χ4n) is 4.45. The normalized spacial score (nSPS) is 17.5. The zero-order chi connectivity index (χ0) is 24.1. The summed E-state index contributed by atoms with van der Waals surface area (Å²) < 4.78 is 11.1. The van der Waals surface area contributed by atoms with Crippen LogP contribution >= 0.6 is 0 Å². The first-order valence-corrected chi connectivity index (χ1v) is 11.5. The standard InChI is InChI=1S/C27H33NO5/c1-6-8-9-14-28-23(19-10-12-20(13-11-19)33-7-2)22(25(30)27(28)31)24(29)21-16-17(3)15-18(4)26(21)32-5/h10-13,15-16,23,29H,6-9,14H2,1-5H3/b24-22+. The largest absolute Gasteiger partial charge is 0.507 e. The van der Waals surface area contributed by atoms with E-state index in [1.54, 1.807) is 11.0 Å². The Bertz CT molecular complexity index is 1050. The molecule has 1 N–H and O–H groups in total. The molecule has 0 radical (unpaired) electrons. The van der Waals surface area contributed by atoms with Gasteiger partial charge in [-0.2, -0.15) is 0 Å². The van der Waals surface area contributed by atoms with Gasteiger partial charge in [0.1, 0.15) is 17.3 Å². The molecular weight excluding hydrogens is 418 g/mol. The monoisotopic (exact) mass is 451 g/mol. The Morgan fingerprint density at radius 3 is 2.36 bits per heavy atom. The summed E-state index contributed by atoms with van der Waals surface area (Å²) in [7, 11) is 1.53. The molecule has 0 saturated carbocycles. The van der Waals surface area contributed by atoms with Gasteiger partial charge < -0.3 is 19.5 Å². The number of rotatable bonds is 9. The molecule has 1 amide bonds. The van der Waals surface area contributed by atoms with Crippen molar-refractivity contribution in [2.75, 3.05) is 20.3 Å². The zero-order valence-electron chi connectivity index (χ0n) is 20.1. The lowest BCUT2D eigenvalue weighted by molar-refractivity contribution is -0.139. The van der Waals surface area contributed by atoms with E-state index in [4.69, 9.17) is 9.47 Å². The molecule has 0 spiro atoms. The van der Waals surface area contributed by atoms with Crippen LogP contribution in [0.4, 0.5) is 0 Å². The molecule has 1 atom stereocenters. The van der Waals surface area contributed by atoms with Crippen LogP contribution in [0.1, 0.15) is 61.4 Å². The highest BCUT2D eigenvalue weighted by Gasteiger charge is 2.46. The summed E-state index contributed by atoms with van der Waals surface area (Å²) in [4.78, 5) is 27.9. The van der Waals surface area contributed by atoms with Gasteiger partial charge in [-0.05, 0) is 62.1 Å². The first kappa shape index (κ1) is 24.4. The van der Waals surface area contributed by atoms with E-state index in [1.807, 2.05) is 51.1 Å². The van der Waals surface area contributed by atoms with Gasteiger partial charge in [0.25, 0.3) is 11.7 Å². The van der Waals surface area contributed by atoms with Crippen molar-refractivity contribution in [3.63, 3.8) is 0 Å². The third-order valence-corrected chi connectivity index (χ3v) is 5.93. The number of ketones is 1. The Morgan fingerprint density at radius 1 is 1.06 bits per heavy atom. The highest BCUT2D eigenvalue weighted by Crippen LogP contribution is 2.42. The van der Waals surface area contributed by atoms with Crippen LogP contribution in [0.15, 0.2) is 42.0 Å². The van der Waals surface area contributed by atoms with Gasteiger partial charge in [0, 0.05) is 6.54 Å². The summed E-state index contributed by atoms with van der Waals surface area (Å²) >= 11 is 0. The van der Waals surface area contributed by atoms with Gasteiger partial charge in [0.2, 0.25) is 0 Å². The maximum absolute atomic E-state index is 13.2. The van der Waals surface area contributed by atoms with Crippen molar-refractivity contribution in [1.29, 1.82) is 0 Å². The SMILES string of the molecule is CCCCCN1C(=O)C(=O)/C(=C(/O)c2cc(C)cc(C)c2OC)C1c1ccc(OCC)cc1. The van der Waals surface area contributed by atoms with E-state index in [9.17, 15) is 14.7 Å². The Hall–Kier alpha value is -3.28. The van der Waals surface area contributed by atoms with E-state index < -0.39 is 17.7 Å². The van der Waals surface area contributed by atoms with E-state index in [-0.39, 0.29) is 11.3 Å². The number of hydrogen-bond donors (Lipinski definition) is 1. The molecule has 33 heavy (non-hydrogen) atoms. The van der Waals surface area contributed by atoms with Crippen molar-refractivity contribution in [3.8, 4) is 11.5 Å². The van der Waals surface area contributed by atoms with Crippen LogP contribution in [-0.4, -0.2) is 42.0 Å². The van der Waals surface area contributed by atoms with Crippen LogP contribution in [0.5, 0.6) is 11.5 Å². The van der Waals surface area contributed by atoms with Crippen LogP contribution in [0.2, 0.25) is 0 Å². The third kappa shape index (κ3) is 4.90. The van der Waals surface area contributed by atoms with Crippen molar-refractivity contribution < 1.29 is 24.2 Å². The minimum Gasteiger partial charge on any atom is -0.507 e. The second-order valence-corrected chi connectivity index (χ2v) is 8.36. The first-order valence-electron chi connectivity index (χ1n) is 11.5. The molecule has 3 rings (SSSR count). The summed E-state index contributed by atoms with van der Waals surface area (Å²) in [5.74, 6) is -0.284. The molecule has 2 aromatic rings. The number of benzene rings is 2. The zero-order valence-corrected chi connectivity index (χ0v) is 20.1. The smallest absolute Gasteiger partial charge is 0.295 e. The number of carbonyl (C=O) groups is 2. The fourth-order valence-corrected chi connectivity index (χ4v) is 4.45. The lowest BCUT2D eigenvalue weighted by atomic mass is 9.93. The number of aliphatic hydroxyl groups excluding tert-OH is 1. The van der Waals surface area contributed by atoms with Crippen LogP contribution < -0.4 is 9.47 Å². The summed E-state index contributed by atoms with van der Waals surface area (Å²) in [6.07, 6.45) is 2.73. The Morgan fingerprint density at radius 2 is 1.76 bits per heavy atom. The van der Waals surface area contributed by atoms with E-state index >= 15 is 0 Å². The molecule has 176 valence electrons. The fraction of sp³-hybridized carbons (Fsp3) is 0.407. The minimum atomic E-state index is -0.678. The molecule has 0 bridgehead atoms. The molecule has 1 aliphatic heterocycles. The number of ether oxygens (including phenoxy) is 2. The first-order chi connectivity index (χ1) is 15.8. The Kier molecular flexibility index (Phi) is 7.79. The number of aryl methyl sites for hydroxylation is 2. The summed E-state index contributed by atoms with van der Waals surface area (Å²) in [6.45, 7) is 8.78. The maximum atomic E-state index is 13.2. The average molecular weight is 452 g/mol. The predicted octanol–water partition coefficient (Wildman–Crippen LogP) is 5.32. The lowest BCUT2D eigenvalue weighted by Crippen LogP contribution is -2.30. The quantitative estimate of drug-likeness (QED) is 0.242. The van der Waals surface area contributed by atoms with E-state index in [1.165, 1.54) is 7.11 Å². The molecule has 6 heteroatoms. The van der Waals surface area contributed by atoms with Gasteiger partial charge in [0.05, 0.1) is 30.9 Å². The summed E-state index contributed by atoms with van der Waals surface area (Å²) in [5, 5.41) is 11.4. The second-order valence-electron chi connectivity index (χ2n) is 8.36. The molecule has 1 fully saturated rings. The Labute approximate surface area is 195 Å². The number of hydrogen-bond acceptors (Lipinski definition) is 5. The van der Waals surface area contributed by atoms with Gasteiger partial charge in [-0.15, -0.1) is 0 Å². The number of methoxy groups -OCH3 is 1. The van der Waals surface area contributed by atoms with Gasteiger partial charge in [0.15, 0.2) is 0 Å². The van der Waals surface area contributed by atoms with Crippen molar-refractivity contribution in [2.45, 2.75) is 53.0 Å². The second kappa shape index (κ2) is 10.6. The molecule has 2 aromatic carbocycles. The van der Waals surface area contributed by atoms with Crippen LogP contribution in [0, 0.1) is 13.8 Å². The number of unbranched alkanes of at least 4 members (excludes halogenated alkanes) is 2. The van der Waals surface area contributed by atoms with Crippen molar-refractivity contribution in [1.82, 2.24) is 4.90 Å². The number of likely N-dealkylation sites (tertiary alicyclic amines) is 1. The number of carbonyl (C=O) groups excluding carboxylic acids is 2. The van der Waals surface area contributed by atoms with Crippen molar-refractivity contribution in [2.24, 2.45) is 0 Å². The summed E-state index contributed by atoms with van der Waals surface area (Å²) in [6, 6.07) is 10.4.